The van der Waals surface area contributed by atoms with Gasteiger partial charge in [0.15, 0.2) is 11.6 Å². The van der Waals surface area contributed by atoms with Crippen LogP contribution in [0, 0.1) is 12.7 Å². The van der Waals surface area contributed by atoms with Gasteiger partial charge in [0.2, 0.25) is 0 Å². The number of methoxy groups -OCH3 is 1. The predicted molar refractivity (Wildman–Crippen MR) is 55.5 cm³/mol. The van der Waals surface area contributed by atoms with E-state index in [0.717, 1.165) is 11.1 Å². The zero-order chi connectivity index (χ0) is 10.7. The quantitative estimate of drug-likeness (QED) is 0.840. The van der Waals surface area contributed by atoms with Crippen molar-refractivity contribution >= 4 is 11.6 Å². The van der Waals surface area contributed by atoms with Gasteiger partial charge < -0.3 is 10.1 Å². The molecule has 0 fully saturated rings. The Labute approximate surface area is 88.0 Å². The minimum atomic E-state index is -0.423. The van der Waals surface area contributed by atoms with Crippen molar-refractivity contribution in [1.29, 1.82) is 0 Å². The van der Waals surface area contributed by atoms with Crippen LogP contribution in [0.1, 0.15) is 11.1 Å². The van der Waals surface area contributed by atoms with E-state index in [2.05, 4.69) is 5.32 Å². The number of nitrogens with one attached hydrogen (secondary N) is 1. The number of hydrogen-bond donors (Lipinski definition) is 1. The van der Waals surface area contributed by atoms with E-state index in [9.17, 15) is 4.39 Å². The predicted octanol–water partition coefficient (Wildman–Crippen LogP) is 2.52. The number of halogens is 2. The zero-order valence-electron chi connectivity index (χ0n) is 8.45. The van der Waals surface area contributed by atoms with Gasteiger partial charge in [0.1, 0.15) is 0 Å². The highest BCUT2D eigenvalue weighted by atomic mass is 35.5. The fraction of sp³-hybridized carbons (Fsp3) is 0.400. The lowest BCUT2D eigenvalue weighted by atomic mass is 10.1. The average Bonchev–Trinajstić information content (AvgIpc) is 2.14. The lowest BCUT2D eigenvalue weighted by molar-refractivity contribution is 0.380. The smallest absolute Gasteiger partial charge is 0.166 e. The molecule has 78 valence electrons. The van der Waals surface area contributed by atoms with Crippen LogP contribution in [0.5, 0.6) is 5.75 Å². The van der Waals surface area contributed by atoms with Crippen LogP contribution in [0.3, 0.4) is 0 Å². The van der Waals surface area contributed by atoms with E-state index in [1.54, 1.807) is 7.05 Å². The van der Waals surface area contributed by atoms with E-state index >= 15 is 0 Å². The largest absolute Gasteiger partial charge is 0.493 e. The molecule has 1 N–H and O–H groups in total. The summed E-state index contributed by atoms with van der Waals surface area (Å²) in [6, 6.07) is 1.27. The maximum atomic E-state index is 13.4. The molecule has 1 rings (SSSR count). The second-order valence-corrected chi connectivity index (χ2v) is 3.41. The van der Waals surface area contributed by atoms with Gasteiger partial charge in [-0.1, -0.05) is 11.6 Å². The molecule has 0 saturated carbocycles. The fourth-order valence-electron chi connectivity index (χ4n) is 1.35. The Balaban J connectivity index is 3.32. The lowest BCUT2D eigenvalue weighted by Gasteiger charge is -2.13. The average molecular weight is 218 g/mol. The van der Waals surface area contributed by atoms with Crippen LogP contribution in [0.25, 0.3) is 0 Å². The summed E-state index contributed by atoms with van der Waals surface area (Å²) in [5, 5.41) is 3.37. The molecule has 1 aromatic carbocycles. The van der Waals surface area contributed by atoms with Gasteiger partial charge in [-0.15, -0.1) is 0 Å². The number of ether oxygens (including phenoxy) is 1. The normalized spacial score (nSPS) is 10.4. The number of hydrogen-bond acceptors (Lipinski definition) is 2. The molecule has 1 aromatic rings. The SMILES string of the molecule is CNCc1c(C)c(Cl)cc(F)c1OC. The van der Waals surface area contributed by atoms with Crippen molar-refractivity contribution in [2.24, 2.45) is 0 Å². The van der Waals surface area contributed by atoms with Gasteiger partial charge in [-0.3, -0.25) is 0 Å². The number of rotatable bonds is 3. The topological polar surface area (TPSA) is 21.3 Å². The summed E-state index contributed by atoms with van der Waals surface area (Å²) in [6.45, 7) is 2.38. The Morgan fingerprint density at radius 2 is 2.21 bits per heavy atom. The van der Waals surface area contributed by atoms with Gasteiger partial charge in [0.05, 0.1) is 7.11 Å². The van der Waals surface area contributed by atoms with Crippen molar-refractivity contribution in [3.63, 3.8) is 0 Å². The van der Waals surface area contributed by atoms with Crippen LogP contribution in [-0.2, 0) is 6.54 Å². The third kappa shape index (κ3) is 1.99. The Kier molecular flexibility index (Phi) is 3.72. The molecule has 2 nitrogen and oxygen atoms in total. The van der Waals surface area contributed by atoms with Crippen molar-refractivity contribution in [2.75, 3.05) is 14.2 Å². The summed E-state index contributed by atoms with van der Waals surface area (Å²) >= 11 is 5.86. The molecule has 0 unspecified atom stereocenters. The van der Waals surface area contributed by atoms with Crippen molar-refractivity contribution in [2.45, 2.75) is 13.5 Å². The molecule has 0 saturated heterocycles. The Bertz CT molecular complexity index is 341. The molecule has 0 atom stereocenters. The maximum Gasteiger partial charge on any atom is 0.166 e. The van der Waals surface area contributed by atoms with Gasteiger partial charge >= 0.3 is 0 Å². The molecule has 0 aliphatic carbocycles. The van der Waals surface area contributed by atoms with E-state index in [4.69, 9.17) is 16.3 Å². The van der Waals surface area contributed by atoms with Crippen molar-refractivity contribution in [1.82, 2.24) is 5.32 Å². The lowest BCUT2D eigenvalue weighted by Crippen LogP contribution is -2.09. The van der Waals surface area contributed by atoms with Crippen LogP contribution < -0.4 is 10.1 Å². The molecule has 4 heteroatoms. The van der Waals surface area contributed by atoms with Crippen molar-refractivity contribution in [3.8, 4) is 5.75 Å². The summed E-state index contributed by atoms with van der Waals surface area (Å²) < 4.78 is 18.4. The standard InChI is InChI=1S/C10H13ClFNO/c1-6-7(5-13-2)10(14-3)9(12)4-8(6)11/h4,13H,5H2,1-3H3. The van der Waals surface area contributed by atoms with Gasteiger partial charge in [0.25, 0.3) is 0 Å². The second-order valence-electron chi connectivity index (χ2n) is 3.01. The highest BCUT2D eigenvalue weighted by molar-refractivity contribution is 6.31. The van der Waals surface area contributed by atoms with E-state index in [-0.39, 0.29) is 5.75 Å². The van der Waals surface area contributed by atoms with Crippen LogP contribution in [-0.4, -0.2) is 14.2 Å². The van der Waals surface area contributed by atoms with E-state index in [1.165, 1.54) is 13.2 Å². The fourth-order valence-corrected chi connectivity index (χ4v) is 1.56. The summed E-state index contributed by atoms with van der Waals surface area (Å²) in [7, 11) is 3.24. The Morgan fingerprint density at radius 1 is 1.57 bits per heavy atom. The van der Waals surface area contributed by atoms with E-state index in [0.29, 0.717) is 11.6 Å². The van der Waals surface area contributed by atoms with Crippen molar-refractivity contribution in [3.05, 3.63) is 28.0 Å². The molecule has 14 heavy (non-hydrogen) atoms. The zero-order valence-corrected chi connectivity index (χ0v) is 9.20. The summed E-state index contributed by atoms with van der Waals surface area (Å²) in [5.41, 5.74) is 1.61. The first-order chi connectivity index (χ1) is 6.61. The number of benzene rings is 1. The van der Waals surface area contributed by atoms with Crippen molar-refractivity contribution < 1.29 is 9.13 Å². The summed E-state index contributed by atoms with van der Waals surface area (Å²) in [6.07, 6.45) is 0. The second kappa shape index (κ2) is 4.62. The molecular formula is C10H13ClFNO. The monoisotopic (exact) mass is 217 g/mol. The molecule has 0 heterocycles. The third-order valence-electron chi connectivity index (χ3n) is 2.11. The highest BCUT2D eigenvalue weighted by Gasteiger charge is 2.14. The van der Waals surface area contributed by atoms with E-state index < -0.39 is 5.82 Å². The van der Waals surface area contributed by atoms with Crippen LogP contribution in [0.2, 0.25) is 5.02 Å². The van der Waals surface area contributed by atoms with Gasteiger partial charge in [-0.05, 0) is 25.6 Å². The first-order valence-electron chi connectivity index (χ1n) is 4.27. The van der Waals surface area contributed by atoms with Crippen LogP contribution >= 0.6 is 11.6 Å². The Morgan fingerprint density at radius 3 is 2.71 bits per heavy atom. The summed E-state index contributed by atoms with van der Waals surface area (Å²) in [5.74, 6) is -0.158. The highest BCUT2D eigenvalue weighted by Crippen LogP contribution is 2.31. The third-order valence-corrected chi connectivity index (χ3v) is 2.51. The molecule has 0 aliphatic heterocycles. The maximum absolute atomic E-state index is 13.4. The summed E-state index contributed by atoms with van der Waals surface area (Å²) in [4.78, 5) is 0. The van der Waals surface area contributed by atoms with Gasteiger partial charge in [-0.2, -0.15) is 0 Å². The van der Waals surface area contributed by atoms with E-state index in [1.807, 2.05) is 6.92 Å². The van der Waals surface area contributed by atoms with Crippen LogP contribution in [0.15, 0.2) is 6.07 Å². The Hall–Kier alpha value is -0.800. The molecule has 0 aliphatic rings. The molecule has 0 spiro atoms. The molecule has 0 radical (unpaired) electrons. The minimum absolute atomic E-state index is 0.265. The first-order valence-corrected chi connectivity index (χ1v) is 4.65. The van der Waals surface area contributed by atoms with Gasteiger partial charge in [0, 0.05) is 17.1 Å². The van der Waals surface area contributed by atoms with Crippen LogP contribution in [0.4, 0.5) is 4.39 Å². The van der Waals surface area contributed by atoms with Gasteiger partial charge in [-0.25, -0.2) is 4.39 Å². The molecule has 0 aromatic heterocycles. The molecule has 0 bridgehead atoms. The molecular weight excluding hydrogens is 205 g/mol. The first kappa shape index (κ1) is 11.3. The molecule has 0 amide bonds. The minimum Gasteiger partial charge on any atom is -0.493 e.